The first-order valence-electron chi connectivity index (χ1n) is 13.1. The van der Waals surface area contributed by atoms with Crippen LogP contribution in [0.5, 0.6) is 0 Å². The first-order chi connectivity index (χ1) is 13.7. The van der Waals surface area contributed by atoms with E-state index in [0.29, 0.717) is 16.7 Å². The van der Waals surface area contributed by atoms with Crippen molar-refractivity contribution in [3.05, 3.63) is 11.6 Å². The van der Waals surface area contributed by atoms with Crippen LogP contribution in [0, 0.1) is 52.3 Å². The van der Waals surface area contributed by atoms with Crippen LogP contribution in [0.25, 0.3) is 0 Å². The van der Waals surface area contributed by atoms with Crippen molar-refractivity contribution in [1.29, 1.82) is 0 Å². The van der Waals surface area contributed by atoms with E-state index in [1.165, 1.54) is 51.4 Å². The fourth-order valence-electron chi connectivity index (χ4n) is 9.02. The zero-order valence-electron chi connectivity index (χ0n) is 20.2. The molecule has 0 aromatic rings. The minimum atomic E-state index is -0.0884. The molecule has 0 aliphatic heterocycles. The third-order valence-electron chi connectivity index (χ3n) is 10.6. The van der Waals surface area contributed by atoms with Gasteiger partial charge in [-0.3, -0.25) is 0 Å². The second kappa shape index (κ2) is 7.99. The van der Waals surface area contributed by atoms with Crippen LogP contribution in [-0.4, -0.2) is 11.2 Å². The van der Waals surface area contributed by atoms with Crippen LogP contribution in [0.4, 0.5) is 0 Å². The number of fused-ring (bicyclic) bond motifs is 5. The van der Waals surface area contributed by atoms with E-state index in [1.54, 1.807) is 5.57 Å². The van der Waals surface area contributed by atoms with E-state index in [0.717, 1.165) is 48.3 Å². The van der Waals surface area contributed by atoms with Gasteiger partial charge in [0, 0.05) is 0 Å². The molecule has 0 amide bonds. The highest BCUT2D eigenvalue weighted by atomic mass is 16.3. The maximum absolute atomic E-state index is 10.3. The van der Waals surface area contributed by atoms with Gasteiger partial charge in [-0.05, 0) is 97.2 Å². The van der Waals surface area contributed by atoms with Crippen LogP contribution in [-0.2, 0) is 0 Å². The molecule has 0 bridgehead atoms. The van der Waals surface area contributed by atoms with Crippen LogP contribution in [0.1, 0.15) is 106 Å². The molecule has 3 fully saturated rings. The number of hydrogen-bond acceptors (Lipinski definition) is 1. The molecule has 0 radical (unpaired) electrons. The Morgan fingerprint density at radius 2 is 1.76 bits per heavy atom. The van der Waals surface area contributed by atoms with E-state index in [1.807, 2.05) is 0 Å². The molecular formula is C28H48O. The molecule has 0 saturated heterocycles. The van der Waals surface area contributed by atoms with Crippen molar-refractivity contribution in [2.24, 2.45) is 52.3 Å². The Morgan fingerprint density at radius 3 is 2.48 bits per heavy atom. The van der Waals surface area contributed by atoms with Gasteiger partial charge in [0.05, 0.1) is 6.10 Å². The van der Waals surface area contributed by atoms with Crippen molar-refractivity contribution in [3.8, 4) is 0 Å². The van der Waals surface area contributed by atoms with E-state index >= 15 is 0 Å². The largest absolute Gasteiger partial charge is 0.393 e. The van der Waals surface area contributed by atoms with Gasteiger partial charge in [0.1, 0.15) is 0 Å². The topological polar surface area (TPSA) is 20.2 Å². The van der Waals surface area contributed by atoms with Crippen LogP contribution in [0.2, 0.25) is 0 Å². The summed E-state index contributed by atoms with van der Waals surface area (Å²) in [4.78, 5) is 0. The van der Waals surface area contributed by atoms with Crippen LogP contribution in [0.3, 0.4) is 0 Å². The monoisotopic (exact) mass is 400 g/mol. The summed E-state index contributed by atoms with van der Waals surface area (Å²) in [5, 5.41) is 10.3. The second-order valence-corrected chi connectivity index (χ2v) is 12.7. The van der Waals surface area contributed by atoms with Gasteiger partial charge in [0.25, 0.3) is 0 Å². The summed E-state index contributed by atoms with van der Waals surface area (Å²) >= 11 is 0. The molecule has 4 rings (SSSR count). The minimum Gasteiger partial charge on any atom is -0.393 e. The Hall–Kier alpha value is -0.300. The summed E-state index contributed by atoms with van der Waals surface area (Å²) in [5.74, 6) is 6.06. The lowest BCUT2D eigenvalue weighted by Gasteiger charge is -2.60. The molecule has 0 aromatic heterocycles. The Kier molecular flexibility index (Phi) is 6.04. The molecule has 1 N–H and O–H groups in total. The van der Waals surface area contributed by atoms with E-state index in [-0.39, 0.29) is 6.10 Å². The van der Waals surface area contributed by atoms with Crippen molar-refractivity contribution in [2.45, 2.75) is 112 Å². The highest BCUT2D eigenvalue weighted by Crippen LogP contribution is 2.68. The highest BCUT2D eigenvalue weighted by molar-refractivity contribution is 5.26. The lowest BCUT2D eigenvalue weighted by Crippen LogP contribution is -2.53. The number of aliphatic hydroxyl groups excluding tert-OH is 1. The molecule has 4 aliphatic rings. The average Bonchev–Trinajstić information content (AvgIpc) is 3.00. The quantitative estimate of drug-likeness (QED) is 0.470. The van der Waals surface area contributed by atoms with E-state index in [4.69, 9.17) is 0 Å². The number of rotatable bonds is 5. The predicted octanol–water partition coefficient (Wildman–Crippen LogP) is 7.63. The number of aliphatic hydroxyl groups is 1. The summed E-state index contributed by atoms with van der Waals surface area (Å²) < 4.78 is 0. The van der Waals surface area contributed by atoms with Crippen molar-refractivity contribution >= 4 is 0 Å². The van der Waals surface area contributed by atoms with E-state index in [2.05, 4.69) is 47.6 Å². The molecule has 1 nitrogen and oxygen atoms in total. The van der Waals surface area contributed by atoms with Gasteiger partial charge in [0.2, 0.25) is 0 Å². The molecule has 0 aromatic carbocycles. The lowest BCUT2D eigenvalue weighted by molar-refractivity contribution is -0.0731. The van der Waals surface area contributed by atoms with Gasteiger partial charge in [-0.15, -0.1) is 0 Å². The Morgan fingerprint density at radius 1 is 1.00 bits per heavy atom. The summed E-state index contributed by atoms with van der Waals surface area (Å²) in [6.45, 7) is 15.1. The van der Waals surface area contributed by atoms with Gasteiger partial charge in [0.15, 0.2) is 0 Å². The zero-order chi connectivity index (χ0) is 21.0. The summed E-state index contributed by atoms with van der Waals surface area (Å²) in [6, 6.07) is 0. The summed E-state index contributed by atoms with van der Waals surface area (Å²) in [5.41, 5.74) is 2.56. The molecule has 29 heavy (non-hydrogen) atoms. The fraction of sp³-hybridized carbons (Fsp3) is 0.929. The van der Waals surface area contributed by atoms with Gasteiger partial charge in [-0.25, -0.2) is 0 Å². The Bertz CT molecular complexity index is 620. The maximum Gasteiger partial charge on any atom is 0.0577 e. The second-order valence-electron chi connectivity index (χ2n) is 12.7. The maximum atomic E-state index is 10.3. The van der Waals surface area contributed by atoms with Gasteiger partial charge in [-0.2, -0.15) is 0 Å². The molecule has 1 heteroatoms. The Labute approximate surface area is 181 Å². The van der Waals surface area contributed by atoms with E-state index in [9.17, 15) is 5.11 Å². The van der Waals surface area contributed by atoms with Gasteiger partial charge < -0.3 is 5.11 Å². The molecule has 166 valence electrons. The van der Waals surface area contributed by atoms with Crippen molar-refractivity contribution in [3.63, 3.8) is 0 Å². The van der Waals surface area contributed by atoms with Crippen LogP contribution >= 0.6 is 0 Å². The number of hydrogen-bond donors (Lipinski definition) is 1. The van der Waals surface area contributed by atoms with Gasteiger partial charge >= 0.3 is 0 Å². The summed E-state index contributed by atoms with van der Waals surface area (Å²) in [7, 11) is 0. The molecule has 0 unspecified atom stereocenters. The smallest absolute Gasteiger partial charge is 0.0577 e. The summed E-state index contributed by atoms with van der Waals surface area (Å²) in [6.07, 6.45) is 15.8. The highest BCUT2D eigenvalue weighted by Gasteiger charge is 2.60. The molecular weight excluding hydrogens is 352 g/mol. The zero-order valence-corrected chi connectivity index (χ0v) is 20.2. The number of allylic oxidation sites excluding steroid dienone is 1. The first-order valence-corrected chi connectivity index (χ1v) is 13.1. The van der Waals surface area contributed by atoms with Gasteiger partial charge in [-0.1, -0.05) is 72.5 Å². The minimum absolute atomic E-state index is 0.0884. The van der Waals surface area contributed by atoms with Crippen molar-refractivity contribution in [2.75, 3.05) is 0 Å². The third-order valence-corrected chi connectivity index (χ3v) is 10.6. The Balaban J connectivity index is 1.54. The molecule has 0 heterocycles. The fourth-order valence-corrected chi connectivity index (χ4v) is 9.02. The van der Waals surface area contributed by atoms with E-state index < -0.39 is 0 Å². The lowest BCUT2D eigenvalue weighted by atomic mass is 9.45. The van der Waals surface area contributed by atoms with Crippen molar-refractivity contribution in [1.82, 2.24) is 0 Å². The first kappa shape index (κ1) is 21.9. The molecule has 3 saturated carbocycles. The molecule has 4 aliphatic carbocycles. The molecule has 9 atom stereocenters. The molecule has 0 spiro atoms. The predicted molar refractivity (Wildman–Crippen MR) is 124 cm³/mol. The third kappa shape index (κ3) is 3.66. The average molecular weight is 401 g/mol. The van der Waals surface area contributed by atoms with Crippen LogP contribution in [0.15, 0.2) is 11.6 Å². The van der Waals surface area contributed by atoms with Crippen molar-refractivity contribution < 1.29 is 5.11 Å². The SMILES string of the molecule is CC(C)CCC[C@@H](C)[C@H]1CC[C@H]2[C@@H]3[C@H](C)C=C4C[C@@H](O)CC[C@]4(C)[C@H]3CC[C@]12C. The normalized spacial score (nSPS) is 47.9. The standard InChI is InChI=1S/C28H48O/c1-18(2)8-7-9-19(3)23-10-11-24-26-20(4)16-21-17-22(29)12-14-27(21,5)25(26)13-15-28(23,24)6/h16,18-20,22-26,29H,7-15,17H2,1-6H3/t19-,20-,22+,23-,24+,25+,26+,27+,28-/m1/s1. The van der Waals surface area contributed by atoms with Crippen LogP contribution < -0.4 is 0 Å².